The molecule has 0 saturated carbocycles. The van der Waals surface area contributed by atoms with Gasteiger partial charge in [-0.05, 0) is 37.6 Å². The minimum atomic E-state index is -3.49. The number of thioether (sulfide) groups is 1. The SMILES string of the molecule is CS(=O)(=O)C1(C(=O)NCCSCc2ccccc2F)CCNCC1.Cl. The first-order valence-electron chi connectivity index (χ1n) is 7.86. The Hall–Kier alpha value is -0.830. The van der Waals surface area contributed by atoms with E-state index in [9.17, 15) is 17.6 Å². The van der Waals surface area contributed by atoms with Gasteiger partial charge in [0.15, 0.2) is 14.6 Å². The molecular weight excluding hydrogens is 387 g/mol. The van der Waals surface area contributed by atoms with E-state index in [1.54, 1.807) is 18.2 Å². The number of hydrogen-bond donors (Lipinski definition) is 2. The lowest BCUT2D eigenvalue weighted by atomic mass is 9.96. The molecule has 0 radical (unpaired) electrons. The van der Waals surface area contributed by atoms with Gasteiger partial charge in [0.2, 0.25) is 5.91 Å². The third-order valence-electron chi connectivity index (χ3n) is 4.28. The highest BCUT2D eigenvalue weighted by molar-refractivity contribution is 7.98. The summed E-state index contributed by atoms with van der Waals surface area (Å²) in [6.45, 7) is 1.40. The second kappa shape index (κ2) is 9.75. The molecule has 0 unspecified atom stereocenters. The number of nitrogens with one attached hydrogen (secondary N) is 2. The molecule has 0 spiro atoms. The van der Waals surface area contributed by atoms with Gasteiger partial charge in [-0.3, -0.25) is 4.79 Å². The first-order chi connectivity index (χ1) is 11.4. The Morgan fingerprint density at radius 2 is 1.96 bits per heavy atom. The normalized spacial score (nSPS) is 16.7. The first kappa shape index (κ1) is 22.2. The molecule has 0 atom stereocenters. The van der Waals surface area contributed by atoms with Crippen LogP contribution in [0.1, 0.15) is 18.4 Å². The summed E-state index contributed by atoms with van der Waals surface area (Å²) < 4.78 is 36.4. The zero-order valence-electron chi connectivity index (χ0n) is 14.1. The van der Waals surface area contributed by atoms with Crippen LogP contribution in [0.3, 0.4) is 0 Å². The predicted octanol–water partition coefficient (Wildman–Crippen LogP) is 1.76. The molecule has 1 aliphatic heterocycles. The van der Waals surface area contributed by atoms with E-state index in [-0.39, 0.29) is 18.2 Å². The van der Waals surface area contributed by atoms with Crippen molar-refractivity contribution in [2.75, 3.05) is 31.6 Å². The molecule has 0 bridgehead atoms. The number of amides is 1. The molecule has 1 heterocycles. The second-order valence-electron chi connectivity index (χ2n) is 5.92. The zero-order chi connectivity index (χ0) is 17.6. The highest BCUT2D eigenvalue weighted by Gasteiger charge is 2.48. The number of piperidine rings is 1. The van der Waals surface area contributed by atoms with Crippen LogP contribution in [-0.4, -0.2) is 50.7 Å². The fourth-order valence-corrected chi connectivity index (χ4v) is 4.99. The lowest BCUT2D eigenvalue weighted by Crippen LogP contribution is -2.57. The van der Waals surface area contributed by atoms with Gasteiger partial charge in [-0.25, -0.2) is 12.8 Å². The van der Waals surface area contributed by atoms with Crippen LogP contribution in [0.25, 0.3) is 0 Å². The molecule has 2 rings (SSSR count). The van der Waals surface area contributed by atoms with Crippen molar-refractivity contribution < 1.29 is 17.6 Å². The van der Waals surface area contributed by atoms with Crippen LogP contribution in [0.15, 0.2) is 24.3 Å². The quantitative estimate of drug-likeness (QED) is 0.670. The van der Waals surface area contributed by atoms with Crippen LogP contribution in [0.5, 0.6) is 0 Å². The number of carbonyl (C=O) groups is 1. The summed E-state index contributed by atoms with van der Waals surface area (Å²) in [5.41, 5.74) is 0.625. The number of rotatable bonds is 7. The van der Waals surface area contributed by atoms with Crippen molar-refractivity contribution in [3.8, 4) is 0 Å². The summed E-state index contributed by atoms with van der Waals surface area (Å²) in [5, 5.41) is 5.82. The maximum absolute atomic E-state index is 13.5. The van der Waals surface area contributed by atoms with Gasteiger partial charge >= 0.3 is 0 Å². The molecule has 25 heavy (non-hydrogen) atoms. The maximum Gasteiger partial charge on any atom is 0.241 e. The second-order valence-corrected chi connectivity index (χ2v) is 9.35. The molecule has 1 fully saturated rings. The van der Waals surface area contributed by atoms with E-state index in [0.29, 0.717) is 49.5 Å². The van der Waals surface area contributed by atoms with Crippen LogP contribution in [0.4, 0.5) is 4.39 Å². The number of benzene rings is 1. The molecule has 2 N–H and O–H groups in total. The van der Waals surface area contributed by atoms with Crippen molar-refractivity contribution in [2.24, 2.45) is 0 Å². The Labute approximate surface area is 158 Å². The van der Waals surface area contributed by atoms with E-state index < -0.39 is 20.5 Å². The Bertz CT molecular complexity index is 680. The Balaban J connectivity index is 0.00000312. The van der Waals surface area contributed by atoms with Crippen molar-refractivity contribution in [3.63, 3.8) is 0 Å². The van der Waals surface area contributed by atoms with Gasteiger partial charge in [0, 0.05) is 24.3 Å². The van der Waals surface area contributed by atoms with Crippen molar-refractivity contribution in [1.82, 2.24) is 10.6 Å². The fraction of sp³-hybridized carbons (Fsp3) is 0.562. The molecule has 1 aliphatic rings. The Morgan fingerprint density at radius 3 is 2.56 bits per heavy atom. The molecule has 5 nitrogen and oxygen atoms in total. The van der Waals surface area contributed by atoms with Crippen LogP contribution in [-0.2, 0) is 20.4 Å². The average molecular weight is 411 g/mol. The highest BCUT2D eigenvalue weighted by atomic mass is 35.5. The summed E-state index contributed by atoms with van der Waals surface area (Å²) in [4.78, 5) is 12.5. The number of hydrogen-bond acceptors (Lipinski definition) is 5. The maximum atomic E-state index is 13.5. The molecule has 142 valence electrons. The van der Waals surface area contributed by atoms with Crippen molar-refractivity contribution >= 4 is 39.9 Å². The molecule has 1 saturated heterocycles. The van der Waals surface area contributed by atoms with Gasteiger partial charge in [0.05, 0.1) is 0 Å². The third-order valence-corrected chi connectivity index (χ3v) is 7.30. The van der Waals surface area contributed by atoms with Crippen molar-refractivity contribution in [3.05, 3.63) is 35.6 Å². The third kappa shape index (κ3) is 5.57. The number of carbonyl (C=O) groups excluding carboxylic acids is 1. The summed E-state index contributed by atoms with van der Waals surface area (Å²) in [6, 6.07) is 6.58. The van der Waals surface area contributed by atoms with Crippen molar-refractivity contribution in [1.29, 1.82) is 0 Å². The molecule has 0 aliphatic carbocycles. The van der Waals surface area contributed by atoms with Gasteiger partial charge in [-0.2, -0.15) is 11.8 Å². The average Bonchev–Trinajstić information content (AvgIpc) is 2.55. The predicted molar refractivity (Wildman–Crippen MR) is 102 cm³/mol. The van der Waals surface area contributed by atoms with Crippen LogP contribution in [0.2, 0.25) is 0 Å². The molecule has 1 amide bonds. The van der Waals surface area contributed by atoms with E-state index in [1.807, 2.05) is 0 Å². The standard InChI is InChI=1S/C16H23FN2O3S2.ClH/c1-24(21,22)16(6-8-18-9-7-16)15(20)19-10-11-23-12-13-4-2-3-5-14(13)17;/h2-5,18H,6-12H2,1H3,(H,19,20);1H. The highest BCUT2D eigenvalue weighted by Crippen LogP contribution is 2.28. The zero-order valence-corrected chi connectivity index (χ0v) is 16.5. The fourth-order valence-electron chi connectivity index (χ4n) is 2.79. The lowest BCUT2D eigenvalue weighted by Gasteiger charge is -2.34. The van der Waals surface area contributed by atoms with Gasteiger partial charge in [-0.15, -0.1) is 12.4 Å². The summed E-state index contributed by atoms with van der Waals surface area (Å²) in [6.07, 6.45) is 1.71. The Morgan fingerprint density at radius 1 is 1.32 bits per heavy atom. The van der Waals surface area contributed by atoms with E-state index in [1.165, 1.54) is 17.8 Å². The number of sulfone groups is 1. The van der Waals surface area contributed by atoms with Gasteiger partial charge < -0.3 is 10.6 Å². The lowest BCUT2D eigenvalue weighted by molar-refractivity contribution is -0.124. The molecule has 9 heteroatoms. The molecule has 1 aromatic rings. The molecule has 0 aromatic heterocycles. The van der Waals surface area contributed by atoms with Crippen LogP contribution in [0, 0.1) is 5.82 Å². The summed E-state index contributed by atoms with van der Waals surface area (Å²) in [5.74, 6) is 0.458. The largest absolute Gasteiger partial charge is 0.354 e. The summed E-state index contributed by atoms with van der Waals surface area (Å²) >= 11 is 1.50. The van der Waals surface area contributed by atoms with Crippen LogP contribution >= 0.6 is 24.2 Å². The monoisotopic (exact) mass is 410 g/mol. The Kier molecular flexibility index (Phi) is 8.67. The van der Waals surface area contributed by atoms with Gasteiger partial charge in [-0.1, -0.05) is 18.2 Å². The molecule has 1 aromatic carbocycles. The minimum absolute atomic E-state index is 0. The van der Waals surface area contributed by atoms with Crippen LogP contribution < -0.4 is 10.6 Å². The molecular formula is C16H24ClFN2O3S2. The van der Waals surface area contributed by atoms with E-state index in [2.05, 4.69) is 10.6 Å². The van der Waals surface area contributed by atoms with Gasteiger partial charge in [0.25, 0.3) is 0 Å². The first-order valence-corrected chi connectivity index (χ1v) is 10.9. The summed E-state index contributed by atoms with van der Waals surface area (Å²) in [7, 11) is -3.49. The number of halogens is 2. The van der Waals surface area contributed by atoms with E-state index >= 15 is 0 Å². The van der Waals surface area contributed by atoms with E-state index in [0.717, 1.165) is 6.26 Å². The van der Waals surface area contributed by atoms with E-state index in [4.69, 9.17) is 0 Å². The smallest absolute Gasteiger partial charge is 0.241 e. The minimum Gasteiger partial charge on any atom is -0.354 e. The topological polar surface area (TPSA) is 75.3 Å². The van der Waals surface area contributed by atoms with Crippen molar-refractivity contribution in [2.45, 2.75) is 23.3 Å². The van der Waals surface area contributed by atoms with Gasteiger partial charge in [0.1, 0.15) is 5.82 Å².